The van der Waals surface area contributed by atoms with Gasteiger partial charge in [-0.15, -0.1) is 0 Å². The van der Waals surface area contributed by atoms with Crippen molar-refractivity contribution in [1.29, 1.82) is 0 Å². The molecule has 0 N–H and O–H groups in total. The predicted molar refractivity (Wildman–Crippen MR) is 79.3 cm³/mol. The van der Waals surface area contributed by atoms with Crippen molar-refractivity contribution in [3.05, 3.63) is 64.5 Å². The molecular formula is C16H12ClNO3. The molecule has 0 aliphatic rings. The van der Waals surface area contributed by atoms with Gasteiger partial charge in [0.05, 0.1) is 0 Å². The van der Waals surface area contributed by atoms with Gasteiger partial charge in [0.15, 0.2) is 5.58 Å². The Balaban J connectivity index is 1.74. The minimum Gasteiger partial charge on any atom is -0.454 e. The summed E-state index contributed by atoms with van der Waals surface area (Å²) in [5.41, 5.74) is 3.07. The molecule has 5 heteroatoms. The van der Waals surface area contributed by atoms with Gasteiger partial charge in [0.25, 0.3) is 0 Å². The second kappa shape index (κ2) is 5.58. The van der Waals surface area contributed by atoms with Crippen molar-refractivity contribution in [3.8, 4) is 0 Å². The standard InChI is InChI=1S/C16H12ClNO3/c1-10-5-6-14-13(7-10)18-15(21-14)16(19)20-9-11-3-2-4-12(17)8-11/h2-8H,9H2,1H3. The van der Waals surface area contributed by atoms with Gasteiger partial charge in [-0.3, -0.25) is 0 Å². The zero-order valence-corrected chi connectivity index (χ0v) is 12.1. The van der Waals surface area contributed by atoms with E-state index in [0.29, 0.717) is 16.1 Å². The first kappa shape index (κ1) is 13.6. The Morgan fingerprint density at radius 1 is 1.29 bits per heavy atom. The van der Waals surface area contributed by atoms with Gasteiger partial charge in [-0.2, -0.15) is 0 Å². The summed E-state index contributed by atoms with van der Waals surface area (Å²) in [5.74, 6) is -0.638. The summed E-state index contributed by atoms with van der Waals surface area (Å²) in [5, 5.41) is 0.598. The van der Waals surface area contributed by atoms with E-state index in [1.165, 1.54) is 0 Å². The number of benzene rings is 2. The zero-order chi connectivity index (χ0) is 14.8. The molecule has 0 saturated heterocycles. The Morgan fingerprint density at radius 2 is 2.14 bits per heavy atom. The van der Waals surface area contributed by atoms with Crippen molar-refractivity contribution >= 4 is 28.7 Å². The maximum absolute atomic E-state index is 11.9. The van der Waals surface area contributed by atoms with Gasteiger partial charge in [-0.05, 0) is 42.3 Å². The lowest BCUT2D eigenvalue weighted by Crippen LogP contribution is -2.05. The summed E-state index contributed by atoms with van der Waals surface area (Å²) < 4.78 is 10.6. The van der Waals surface area contributed by atoms with Gasteiger partial charge in [0.1, 0.15) is 12.1 Å². The highest BCUT2D eigenvalue weighted by atomic mass is 35.5. The third kappa shape index (κ3) is 3.06. The van der Waals surface area contributed by atoms with Gasteiger partial charge in [0, 0.05) is 5.02 Å². The number of oxazole rings is 1. The first-order valence-electron chi connectivity index (χ1n) is 6.40. The fourth-order valence-corrected chi connectivity index (χ4v) is 2.18. The van der Waals surface area contributed by atoms with Crippen molar-refractivity contribution in [2.75, 3.05) is 0 Å². The van der Waals surface area contributed by atoms with Crippen LogP contribution in [0.3, 0.4) is 0 Å². The molecular weight excluding hydrogens is 290 g/mol. The number of carbonyl (C=O) groups excluding carboxylic acids is 1. The summed E-state index contributed by atoms with van der Waals surface area (Å²) in [6, 6.07) is 12.7. The maximum Gasteiger partial charge on any atom is 0.395 e. The van der Waals surface area contributed by atoms with Crippen LogP contribution in [0.25, 0.3) is 11.1 Å². The normalized spacial score (nSPS) is 10.8. The summed E-state index contributed by atoms with van der Waals surface area (Å²) in [4.78, 5) is 16.1. The molecule has 106 valence electrons. The molecule has 0 amide bonds. The number of rotatable bonds is 3. The molecule has 1 heterocycles. The fraction of sp³-hybridized carbons (Fsp3) is 0.125. The van der Waals surface area contributed by atoms with Crippen molar-refractivity contribution < 1.29 is 13.9 Å². The van der Waals surface area contributed by atoms with Crippen molar-refractivity contribution in [2.24, 2.45) is 0 Å². The van der Waals surface area contributed by atoms with E-state index in [0.717, 1.165) is 11.1 Å². The molecule has 0 saturated carbocycles. The molecule has 0 aliphatic heterocycles. The van der Waals surface area contributed by atoms with E-state index in [2.05, 4.69) is 4.98 Å². The maximum atomic E-state index is 11.9. The van der Waals surface area contributed by atoms with E-state index in [-0.39, 0.29) is 12.5 Å². The lowest BCUT2D eigenvalue weighted by molar-refractivity contribution is 0.0429. The minimum absolute atomic E-state index is 0.0439. The average molecular weight is 302 g/mol. The van der Waals surface area contributed by atoms with E-state index < -0.39 is 5.97 Å². The number of carbonyl (C=O) groups is 1. The molecule has 1 aromatic heterocycles. The van der Waals surface area contributed by atoms with Crippen LogP contribution >= 0.6 is 11.6 Å². The molecule has 0 atom stereocenters. The highest BCUT2D eigenvalue weighted by Gasteiger charge is 2.16. The second-order valence-corrected chi connectivity index (χ2v) is 5.13. The number of hydrogen-bond acceptors (Lipinski definition) is 4. The van der Waals surface area contributed by atoms with E-state index in [1.807, 2.05) is 25.1 Å². The van der Waals surface area contributed by atoms with E-state index >= 15 is 0 Å². The average Bonchev–Trinajstić information content (AvgIpc) is 2.88. The molecule has 3 rings (SSSR count). The smallest absolute Gasteiger partial charge is 0.395 e. The number of aryl methyl sites for hydroxylation is 1. The number of fused-ring (bicyclic) bond motifs is 1. The summed E-state index contributed by atoms with van der Waals surface area (Å²) in [6.07, 6.45) is 0. The molecule has 4 nitrogen and oxygen atoms in total. The lowest BCUT2D eigenvalue weighted by Gasteiger charge is -2.02. The fourth-order valence-electron chi connectivity index (χ4n) is 1.96. The summed E-state index contributed by atoms with van der Waals surface area (Å²) >= 11 is 5.87. The van der Waals surface area contributed by atoms with Crippen LogP contribution in [0.2, 0.25) is 5.02 Å². The van der Waals surface area contributed by atoms with E-state index in [9.17, 15) is 4.79 Å². The Morgan fingerprint density at radius 3 is 2.95 bits per heavy atom. The Kier molecular flexibility index (Phi) is 3.62. The SMILES string of the molecule is Cc1ccc2oc(C(=O)OCc3cccc(Cl)c3)nc2c1. The molecule has 21 heavy (non-hydrogen) atoms. The molecule has 2 aromatic carbocycles. The minimum atomic E-state index is -0.594. The molecule has 0 aliphatic carbocycles. The van der Waals surface area contributed by atoms with Crippen molar-refractivity contribution in [2.45, 2.75) is 13.5 Å². The van der Waals surface area contributed by atoms with Crippen molar-refractivity contribution in [1.82, 2.24) is 4.98 Å². The topological polar surface area (TPSA) is 52.3 Å². The lowest BCUT2D eigenvalue weighted by atomic mass is 10.2. The van der Waals surface area contributed by atoms with E-state index in [1.54, 1.807) is 24.3 Å². The Labute approximate surface area is 126 Å². The number of halogens is 1. The highest BCUT2D eigenvalue weighted by molar-refractivity contribution is 6.30. The molecule has 3 aromatic rings. The van der Waals surface area contributed by atoms with Crippen LogP contribution in [0.5, 0.6) is 0 Å². The quantitative estimate of drug-likeness (QED) is 0.682. The monoisotopic (exact) mass is 301 g/mol. The third-order valence-electron chi connectivity index (χ3n) is 2.98. The number of aromatic nitrogens is 1. The molecule has 0 unspecified atom stereocenters. The summed E-state index contributed by atoms with van der Waals surface area (Å²) in [6.45, 7) is 2.07. The second-order valence-electron chi connectivity index (χ2n) is 4.70. The van der Waals surface area contributed by atoms with Crippen LogP contribution in [0, 0.1) is 6.92 Å². The third-order valence-corrected chi connectivity index (χ3v) is 3.21. The van der Waals surface area contributed by atoms with Gasteiger partial charge in [-0.1, -0.05) is 29.8 Å². The van der Waals surface area contributed by atoms with Gasteiger partial charge in [0.2, 0.25) is 0 Å². The van der Waals surface area contributed by atoms with Crippen molar-refractivity contribution in [3.63, 3.8) is 0 Å². The largest absolute Gasteiger partial charge is 0.454 e. The van der Waals surface area contributed by atoms with E-state index in [4.69, 9.17) is 20.8 Å². The van der Waals surface area contributed by atoms with Crippen LogP contribution in [0.4, 0.5) is 0 Å². The van der Waals surface area contributed by atoms with Crippen LogP contribution in [-0.4, -0.2) is 11.0 Å². The van der Waals surface area contributed by atoms with Gasteiger partial charge < -0.3 is 9.15 Å². The van der Waals surface area contributed by atoms with Gasteiger partial charge >= 0.3 is 11.9 Å². The molecule has 0 radical (unpaired) electrons. The molecule has 0 fully saturated rings. The first-order chi connectivity index (χ1) is 10.1. The number of esters is 1. The van der Waals surface area contributed by atoms with Crippen LogP contribution in [-0.2, 0) is 11.3 Å². The molecule has 0 bridgehead atoms. The number of ether oxygens (including phenoxy) is 1. The van der Waals surface area contributed by atoms with Crippen LogP contribution in [0.15, 0.2) is 46.9 Å². The highest BCUT2D eigenvalue weighted by Crippen LogP contribution is 2.18. The molecule has 0 spiro atoms. The van der Waals surface area contributed by atoms with Gasteiger partial charge in [-0.25, -0.2) is 9.78 Å². The zero-order valence-electron chi connectivity index (χ0n) is 11.3. The van der Waals surface area contributed by atoms with Crippen LogP contribution in [0.1, 0.15) is 21.8 Å². The van der Waals surface area contributed by atoms with Crippen LogP contribution < -0.4 is 0 Å². The number of nitrogens with zero attached hydrogens (tertiary/aromatic N) is 1. The number of hydrogen-bond donors (Lipinski definition) is 0. The predicted octanol–water partition coefficient (Wildman–Crippen LogP) is 4.15. The summed E-state index contributed by atoms with van der Waals surface area (Å²) in [7, 11) is 0. The first-order valence-corrected chi connectivity index (χ1v) is 6.78. The Hall–Kier alpha value is -2.33. The Bertz CT molecular complexity index is 810.